The largest absolute Gasteiger partial charge is 0.392 e. The standard InChI is InChI=1S/C29H45F2NO2/c1-18(16-32-14-12-23(17-32)29(5,30)31)24-10-11-25-21(7-6-13-28(24,25)4)8-9-22-15-26(33)20(3)27(34)19(22)2/h8-9,18,20,23-27,33-34H,2,6-7,10-17H2,1,3-5H3/b21-8+,22-9-/t18?,20-,23+,24+,25-,26+,27+,28+/m0/s1. The maximum absolute atomic E-state index is 13.8. The van der Waals surface area contributed by atoms with Crippen LogP contribution in [-0.4, -0.2) is 52.9 Å². The second kappa shape index (κ2) is 9.78. The van der Waals surface area contributed by atoms with Crippen LogP contribution in [0.2, 0.25) is 0 Å². The summed E-state index contributed by atoms with van der Waals surface area (Å²) in [6.07, 6.45) is 10.2. The van der Waals surface area contributed by atoms with E-state index in [1.165, 1.54) is 31.3 Å². The van der Waals surface area contributed by atoms with E-state index in [0.29, 0.717) is 37.1 Å². The first-order valence-electron chi connectivity index (χ1n) is 13.5. The Bertz CT molecular complexity index is 830. The highest BCUT2D eigenvalue weighted by Crippen LogP contribution is 2.59. The first-order chi connectivity index (χ1) is 15.9. The fraction of sp³-hybridized carbons (Fsp3) is 0.793. The summed E-state index contributed by atoms with van der Waals surface area (Å²) < 4.78 is 27.6. The fourth-order valence-electron chi connectivity index (χ4n) is 7.80. The molecule has 1 aliphatic heterocycles. The minimum absolute atomic E-state index is 0.179. The van der Waals surface area contributed by atoms with Gasteiger partial charge in [0.2, 0.25) is 5.92 Å². The zero-order valence-corrected chi connectivity index (χ0v) is 21.6. The summed E-state index contributed by atoms with van der Waals surface area (Å²) in [6.45, 7) is 14.1. The second-order valence-corrected chi connectivity index (χ2v) is 12.3. The maximum Gasteiger partial charge on any atom is 0.249 e. The van der Waals surface area contributed by atoms with Crippen LogP contribution in [0.15, 0.2) is 35.5 Å². The van der Waals surface area contributed by atoms with Gasteiger partial charge in [0.05, 0.1) is 12.2 Å². The normalized spacial score (nSPS) is 43.0. The van der Waals surface area contributed by atoms with Crippen molar-refractivity contribution in [1.82, 2.24) is 4.90 Å². The Labute approximate surface area is 205 Å². The first kappa shape index (κ1) is 26.0. The number of nitrogens with zero attached hydrogens (tertiary/aromatic N) is 1. The van der Waals surface area contributed by atoms with Crippen molar-refractivity contribution < 1.29 is 19.0 Å². The van der Waals surface area contributed by atoms with Gasteiger partial charge in [-0.15, -0.1) is 0 Å². The topological polar surface area (TPSA) is 43.7 Å². The summed E-state index contributed by atoms with van der Waals surface area (Å²) in [5.41, 5.74) is 3.47. The molecule has 5 heteroatoms. The number of hydrogen-bond donors (Lipinski definition) is 2. The van der Waals surface area contributed by atoms with Gasteiger partial charge in [0.25, 0.3) is 0 Å². The van der Waals surface area contributed by atoms with Gasteiger partial charge in [-0.1, -0.05) is 45.1 Å². The molecular weight excluding hydrogens is 432 g/mol. The molecule has 0 amide bonds. The molecule has 8 atom stereocenters. The molecule has 1 saturated heterocycles. The maximum atomic E-state index is 13.8. The van der Waals surface area contributed by atoms with Crippen LogP contribution >= 0.6 is 0 Å². The molecule has 1 unspecified atom stereocenters. The van der Waals surface area contributed by atoms with Crippen molar-refractivity contribution in [2.75, 3.05) is 19.6 Å². The smallest absolute Gasteiger partial charge is 0.249 e. The summed E-state index contributed by atoms with van der Waals surface area (Å²) in [5, 5.41) is 20.8. The molecule has 0 spiro atoms. The molecule has 2 N–H and O–H groups in total. The number of aliphatic hydroxyl groups excluding tert-OH is 2. The Morgan fingerprint density at radius 1 is 1.24 bits per heavy atom. The third kappa shape index (κ3) is 4.95. The van der Waals surface area contributed by atoms with E-state index in [1.54, 1.807) is 0 Å². The van der Waals surface area contributed by atoms with E-state index < -0.39 is 24.0 Å². The second-order valence-electron chi connectivity index (χ2n) is 12.3. The molecule has 4 fully saturated rings. The highest BCUT2D eigenvalue weighted by atomic mass is 19.3. The molecule has 3 aliphatic carbocycles. The molecule has 192 valence electrons. The van der Waals surface area contributed by atoms with Gasteiger partial charge in [-0.25, -0.2) is 8.78 Å². The lowest BCUT2D eigenvalue weighted by Crippen LogP contribution is -2.40. The van der Waals surface area contributed by atoms with Crippen LogP contribution in [-0.2, 0) is 0 Å². The van der Waals surface area contributed by atoms with E-state index >= 15 is 0 Å². The van der Waals surface area contributed by atoms with Crippen LogP contribution in [0.1, 0.15) is 72.6 Å². The Kier molecular flexibility index (Phi) is 7.49. The van der Waals surface area contributed by atoms with Crippen LogP contribution in [0.5, 0.6) is 0 Å². The molecule has 3 saturated carbocycles. The molecule has 34 heavy (non-hydrogen) atoms. The van der Waals surface area contributed by atoms with E-state index in [9.17, 15) is 19.0 Å². The van der Waals surface area contributed by atoms with Crippen LogP contribution in [0.4, 0.5) is 8.78 Å². The lowest BCUT2D eigenvalue weighted by molar-refractivity contribution is -0.0360. The van der Waals surface area contributed by atoms with Crippen molar-refractivity contribution in [1.29, 1.82) is 0 Å². The molecule has 0 radical (unpaired) electrons. The quantitative estimate of drug-likeness (QED) is 0.511. The van der Waals surface area contributed by atoms with Gasteiger partial charge < -0.3 is 15.1 Å². The van der Waals surface area contributed by atoms with Crippen molar-refractivity contribution in [3.63, 3.8) is 0 Å². The lowest BCUT2D eigenvalue weighted by atomic mass is 9.61. The number of hydrogen-bond acceptors (Lipinski definition) is 3. The summed E-state index contributed by atoms with van der Waals surface area (Å²) in [5.74, 6) is -1.58. The van der Waals surface area contributed by atoms with Gasteiger partial charge in [-0.3, -0.25) is 0 Å². The molecule has 3 nitrogen and oxygen atoms in total. The van der Waals surface area contributed by atoms with E-state index in [0.717, 1.165) is 37.6 Å². The molecule has 0 aromatic heterocycles. The van der Waals surface area contributed by atoms with Gasteiger partial charge in [-0.05, 0) is 92.7 Å². The first-order valence-corrected chi connectivity index (χ1v) is 13.5. The average Bonchev–Trinajstić information content (AvgIpc) is 3.38. The van der Waals surface area contributed by atoms with Gasteiger partial charge in [-0.2, -0.15) is 0 Å². The zero-order chi connectivity index (χ0) is 24.8. The van der Waals surface area contributed by atoms with Crippen LogP contribution in [0.3, 0.4) is 0 Å². The molecule has 1 heterocycles. The lowest BCUT2D eigenvalue weighted by Gasteiger charge is -2.45. The number of rotatable bonds is 5. The molecule has 0 bridgehead atoms. The highest BCUT2D eigenvalue weighted by molar-refractivity contribution is 5.39. The van der Waals surface area contributed by atoms with Crippen molar-refractivity contribution in [2.45, 2.75) is 90.8 Å². The van der Waals surface area contributed by atoms with Gasteiger partial charge in [0.15, 0.2) is 0 Å². The number of alkyl halides is 2. The summed E-state index contributed by atoms with van der Waals surface area (Å²) in [6, 6.07) is 0. The van der Waals surface area contributed by atoms with Crippen molar-refractivity contribution in [3.8, 4) is 0 Å². The van der Waals surface area contributed by atoms with Crippen LogP contribution in [0.25, 0.3) is 0 Å². The van der Waals surface area contributed by atoms with Gasteiger partial charge in [0.1, 0.15) is 0 Å². The third-order valence-corrected chi connectivity index (χ3v) is 10.1. The fourth-order valence-corrected chi connectivity index (χ4v) is 7.80. The summed E-state index contributed by atoms with van der Waals surface area (Å²) >= 11 is 0. The minimum atomic E-state index is -2.58. The Hall–Kier alpha value is -1.04. The van der Waals surface area contributed by atoms with Crippen molar-refractivity contribution in [2.24, 2.45) is 35.0 Å². The summed E-state index contributed by atoms with van der Waals surface area (Å²) in [7, 11) is 0. The van der Waals surface area contributed by atoms with Crippen LogP contribution in [0, 0.1) is 35.0 Å². The molecular formula is C29H45F2NO2. The Morgan fingerprint density at radius 2 is 1.97 bits per heavy atom. The Balaban J connectivity index is 1.44. The molecule has 0 aromatic carbocycles. The van der Waals surface area contributed by atoms with E-state index in [4.69, 9.17) is 0 Å². The third-order valence-electron chi connectivity index (χ3n) is 10.1. The molecule has 0 aromatic rings. The minimum Gasteiger partial charge on any atom is -0.392 e. The van der Waals surface area contributed by atoms with Gasteiger partial charge >= 0.3 is 0 Å². The average molecular weight is 478 g/mol. The summed E-state index contributed by atoms with van der Waals surface area (Å²) in [4.78, 5) is 2.28. The zero-order valence-electron chi connectivity index (χ0n) is 21.6. The van der Waals surface area contributed by atoms with Gasteiger partial charge in [0, 0.05) is 24.9 Å². The van der Waals surface area contributed by atoms with Crippen molar-refractivity contribution in [3.05, 3.63) is 35.5 Å². The highest BCUT2D eigenvalue weighted by Gasteiger charge is 2.51. The number of aliphatic hydroxyl groups is 2. The van der Waals surface area contributed by atoms with Crippen molar-refractivity contribution >= 4 is 0 Å². The monoisotopic (exact) mass is 477 g/mol. The number of likely N-dealkylation sites (tertiary alicyclic amines) is 1. The SMILES string of the molecule is C=C1/C(=C\C=C2/CCC[C@]3(C)[C@@H](C(C)CN4CC[C@@H](C(C)(F)F)C4)CC[C@@H]23)C[C@@H](O)[C@H](C)[C@@H]1O. The number of halogens is 2. The van der Waals surface area contributed by atoms with Crippen LogP contribution < -0.4 is 0 Å². The number of allylic oxidation sites excluding steroid dienone is 3. The van der Waals surface area contributed by atoms with E-state index in [1.807, 2.05) is 6.92 Å². The van der Waals surface area contributed by atoms with E-state index in [-0.39, 0.29) is 11.3 Å². The molecule has 4 aliphatic rings. The Morgan fingerprint density at radius 3 is 2.65 bits per heavy atom. The predicted octanol–water partition coefficient (Wildman–Crippen LogP) is 5.99. The predicted molar refractivity (Wildman–Crippen MR) is 134 cm³/mol. The molecule has 4 rings (SSSR count). The number of fused-ring (bicyclic) bond motifs is 1. The van der Waals surface area contributed by atoms with E-state index in [2.05, 4.69) is 37.5 Å².